The largest absolute Gasteiger partial charge is 0.347 e. The molecule has 0 amide bonds. The average Bonchev–Trinajstić information content (AvgIpc) is 1.21. The Kier molecular flexibility index (Phi) is 3.28. The van der Waals surface area contributed by atoms with E-state index in [0.29, 0.717) is 0 Å². The van der Waals surface area contributed by atoms with Gasteiger partial charge in [0.15, 0.2) is 5.90 Å². The first-order valence-corrected chi connectivity index (χ1v) is 5.64. The molecule has 0 aliphatic carbocycles. The molecule has 50 valence electrons. The van der Waals surface area contributed by atoms with Gasteiger partial charge in [-0.25, -0.2) is 9.79 Å². The molecule has 0 aromatic carbocycles. The second kappa shape index (κ2) is 3.02. The Hall–Kier alpha value is 0.700. The molecule has 0 fully saturated rings. The highest BCUT2D eigenvalue weighted by atomic mass is 31.2. The lowest BCUT2D eigenvalue weighted by Crippen LogP contribution is -1.91. The molecule has 4 N–H and O–H groups in total. The molecule has 0 saturated heterocycles. The summed E-state index contributed by atoms with van der Waals surface area (Å²) >= 11 is 0. The van der Waals surface area contributed by atoms with Gasteiger partial charge in [-0.15, -0.1) is 0 Å². The molecule has 0 atom stereocenters. The zero-order valence-electron chi connectivity index (χ0n) is 4.39. The maximum atomic E-state index is 8.55. The highest BCUT2D eigenvalue weighted by Gasteiger charge is 2.28. The fourth-order valence-corrected chi connectivity index (χ4v) is 2.16. The molecule has 0 bridgehead atoms. The van der Waals surface area contributed by atoms with Gasteiger partial charge in [0, 0.05) is 0 Å². The molecule has 0 rings (SSSR count). The van der Waals surface area contributed by atoms with E-state index in [-0.39, 0.29) is 5.90 Å². The van der Waals surface area contributed by atoms with Crippen LogP contribution in [0.5, 0.6) is 0 Å². The maximum Gasteiger partial charge on any atom is 0.273 e. The van der Waals surface area contributed by atoms with Gasteiger partial charge in [-0.1, -0.05) is 0 Å². The zero-order valence-corrected chi connectivity index (χ0v) is 6.18. The van der Waals surface area contributed by atoms with Crippen LogP contribution in [0.3, 0.4) is 0 Å². The fraction of sp³-hybridized carbons (Fsp3) is 1.00. The molecular formula is C2H9O4P2+. The second-order valence-electron chi connectivity index (χ2n) is 1.60. The molecule has 0 saturated carbocycles. The molecule has 0 aromatic rings. The predicted molar refractivity (Wildman–Crippen MR) is 33.5 cm³/mol. The first kappa shape index (κ1) is 8.70. The monoisotopic (exact) mass is 159 g/mol. The molecule has 0 aromatic heterocycles. The molecule has 4 nitrogen and oxygen atoms in total. The Balaban J connectivity index is 3.39. The maximum absolute atomic E-state index is 8.55. The summed E-state index contributed by atoms with van der Waals surface area (Å²) < 4.78 is 0. The van der Waals surface area contributed by atoms with E-state index in [9.17, 15) is 0 Å². The van der Waals surface area contributed by atoms with Crippen molar-refractivity contribution in [3.05, 3.63) is 0 Å². The van der Waals surface area contributed by atoms with Crippen LogP contribution < -0.4 is 0 Å². The Bertz CT molecular complexity index is 66.9. The van der Waals surface area contributed by atoms with E-state index in [0.717, 1.165) is 0 Å². The van der Waals surface area contributed by atoms with Crippen molar-refractivity contribution in [2.24, 2.45) is 0 Å². The van der Waals surface area contributed by atoms with E-state index < -0.39 is 16.1 Å². The summed E-state index contributed by atoms with van der Waals surface area (Å²) in [7, 11) is -5.08. The van der Waals surface area contributed by atoms with Crippen LogP contribution in [0.2, 0.25) is 0 Å². The molecule has 0 unspecified atom stereocenters. The lowest BCUT2D eigenvalue weighted by Gasteiger charge is -2.05. The third-order valence-corrected chi connectivity index (χ3v) is 3.55. The van der Waals surface area contributed by atoms with Crippen molar-refractivity contribution in [3.63, 3.8) is 0 Å². The Morgan fingerprint density at radius 1 is 1.38 bits per heavy atom. The molecule has 0 radical (unpaired) electrons. The quantitative estimate of drug-likeness (QED) is 0.417. The van der Waals surface area contributed by atoms with Crippen molar-refractivity contribution in [1.29, 1.82) is 0 Å². The van der Waals surface area contributed by atoms with Crippen molar-refractivity contribution >= 4 is 16.1 Å². The Labute approximate surface area is 49.2 Å². The molecular weight excluding hydrogens is 150 g/mol. The van der Waals surface area contributed by atoms with Crippen molar-refractivity contribution in [3.8, 4) is 0 Å². The minimum Gasteiger partial charge on any atom is -0.347 e. The summed E-state index contributed by atoms with van der Waals surface area (Å²) in [5, 5.41) is 0. The number of hydrogen-bond donors (Lipinski definition) is 4. The van der Waals surface area contributed by atoms with Crippen LogP contribution in [-0.2, 0) is 0 Å². The molecule has 0 aliphatic rings. The molecule has 0 aliphatic heterocycles. The van der Waals surface area contributed by atoms with Gasteiger partial charge in [0.1, 0.15) is 6.66 Å². The van der Waals surface area contributed by atoms with Crippen LogP contribution in [0.25, 0.3) is 0 Å². The van der Waals surface area contributed by atoms with Crippen LogP contribution in [0, 0.1) is 0 Å². The van der Waals surface area contributed by atoms with Gasteiger partial charge in [0.2, 0.25) is 8.38 Å². The zero-order chi connectivity index (χ0) is 6.78. The first-order valence-electron chi connectivity index (χ1n) is 1.88. The van der Waals surface area contributed by atoms with Crippen molar-refractivity contribution in [1.82, 2.24) is 0 Å². The van der Waals surface area contributed by atoms with E-state index in [4.69, 9.17) is 19.6 Å². The van der Waals surface area contributed by atoms with Crippen molar-refractivity contribution in [2.45, 2.75) is 0 Å². The van der Waals surface area contributed by atoms with Gasteiger partial charge in [-0.05, 0) is 0 Å². The first-order chi connectivity index (χ1) is 3.42. The van der Waals surface area contributed by atoms with Crippen LogP contribution in [0.1, 0.15) is 0 Å². The lowest BCUT2D eigenvalue weighted by molar-refractivity contribution is 0.452. The third kappa shape index (κ3) is 6.70. The van der Waals surface area contributed by atoms with Gasteiger partial charge in [-0.2, -0.15) is 0 Å². The second-order valence-corrected chi connectivity index (χ2v) is 5.66. The van der Waals surface area contributed by atoms with Crippen LogP contribution >= 0.6 is 16.1 Å². The van der Waals surface area contributed by atoms with Crippen molar-refractivity contribution < 1.29 is 19.6 Å². The standard InChI is InChI=1S/C2H9O4P2/c1-8(5,6)2-7(3)4/h3-6H,2H2,1H3/q+1. The summed E-state index contributed by atoms with van der Waals surface area (Å²) in [4.78, 5) is 33.5. The highest BCUT2D eigenvalue weighted by Crippen LogP contribution is 2.53. The van der Waals surface area contributed by atoms with Crippen LogP contribution in [0.15, 0.2) is 0 Å². The smallest absolute Gasteiger partial charge is 0.273 e. The average molecular weight is 159 g/mol. The van der Waals surface area contributed by atoms with Gasteiger partial charge < -0.3 is 9.79 Å². The van der Waals surface area contributed by atoms with Crippen molar-refractivity contribution in [2.75, 3.05) is 12.6 Å². The van der Waals surface area contributed by atoms with Crippen LogP contribution in [0.4, 0.5) is 0 Å². The Morgan fingerprint density at radius 3 is 1.75 bits per heavy atom. The van der Waals surface area contributed by atoms with E-state index in [1.807, 2.05) is 0 Å². The summed E-state index contributed by atoms with van der Waals surface area (Å²) in [6.07, 6.45) is 0. The SMILES string of the molecule is C[P+](O)(O)CP(O)O. The van der Waals surface area contributed by atoms with Gasteiger partial charge in [-0.3, -0.25) is 0 Å². The van der Waals surface area contributed by atoms with E-state index in [1.165, 1.54) is 6.66 Å². The summed E-state index contributed by atoms with van der Waals surface area (Å²) in [5.74, 6) is -0.275. The van der Waals surface area contributed by atoms with Gasteiger partial charge in [0.05, 0.1) is 0 Å². The molecule has 6 heteroatoms. The van der Waals surface area contributed by atoms with Gasteiger partial charge in [0.25, 0.3) is 7.72 Å². The fourth-order valence-electron chi connectivity index (χ4n) is 0.240. The van der Waals surface area contributed by atoms with Crippen LogP contribution in [-0.4, -0.2) is 32.1 Å². The van der Waals surface area contributed by atoms with E-state index in [2.05, 4.69) is 0 Å². The molecule has 0 spiro atoms. The highest BCUT2D eigenvalue weighted by molar-refractivity contribution is 7.74. The molecule has 0 heterocycles. The molecule has 8 heavy (non-hydrogen) atoms. The van der Waals surface area contributed by atoms with E-state index >= 15 is 0 Å². The minimum absolute atomic E-state index is 0.275. The van der Waals surface area contributed by atoms with E-state index in [1.54, 1.807) is 0 Å². The predicted octanol–water partition coefficient (Wildman–Crippen LogP) is -0.298. The lowest BCUT2D eigenvalue weighted by atomic mass is 11.9. The summed E-state index contributed by atoms with van der Waals surface area (Å²) in [5.41, 5.74) is 0. The van der Waals surface area contributed by atoms with Gasteiger partial charge >= 0.3 is 0 Å². The minimum atomic E-state index is -2.94. The summed E-state index contributed by atoms with van der Waals surface area (Å²) in [6.45, 7) is 1.20. The topological polar surface area (TPSA) is 80.9 Å². The number of rotatable bonds is 2. The normalized spacial score (nSPS) is 12.8. The Morgan fingerprint density at radius 2 is 1.75 bits per heavy atom. The third-order valence-electron chi connectivity index (χ3n) is 0.394. The number of hydrogen-bond acceptors (Lipinski definition) is 4. The summed E-state index contributed by atoms with van der Waals surface area (Å²) in [6, 6.07) is 0.